The van der Waals surface area contributed by atoms with Gasteiger partial charge in [-0.3, -0.25) is 4.79 Å². The Morgan fingerprint density at radius 3 is 2.65 bits per heavy atom. The molecule has 1 amide bonds. The highest BCUT2D eigenvalue weighted by Gasteiger charge is 2.18. The van der Waals surface area contributed by atoms with Gasteiger partial charge >= 0.3 is 0 Å². The molecule has 1 N–H and O–H groups in total. The van der Waals surface area contributed by atoms with Crippen LogP contribution in [0.15, 0.2) is 42.7 Å². The summed E-state index contributed by atoms with van der Waals surface area (Å²) < 4.78 is 1.79. The van der Waals surface area contributed by atoms with Gasteiger partial charge in [-0.25, -0.2) is 4.68 Å². The van der Waals surface area contributed by atoms with Crippen molar-refractivity contribution >= 4 is 5.91 Å². The third-order valence-electron chi connectivity index (χ3n) is 3.38. The van der Waals surface area contributed by atoms with Crippen LogP contribution in [0.4, 0.5) is 0 Å². The lowest BCUT2D eigenvalue weighted by atomic mass is 10.0. The zero-order chi connectivity index (χ0) is 14.6. The highest BCUT2D eigenvalue weighted by atomic mass is 16.1. The van der Waals surface area contributed by atoms with Crippen LogP contribution in [-0.2, 0) is 11.2 Å². The number of carbonyl (C=O) groups is 1. The van der Waals surface area contributed by atoms with Gasteiger partial charge in [0.1, 0.15) is 0 Å². The highest BCUT2D eigenvalue weighted by Crippen LogP contribution is 2.10. The van der Waals surface area contributed by atoms with Crippen molar-refractivity contribution in [2.75, 3.05) is 0 Å². The Balaban J connectivity index is 2.02. The summed E-state index contributed by atoms with van der Waals surface area (Å²) in [6.07, 6.45) is 4.90. The highest BCUT2D eigenvalue weighted by molar-refractivity contribution is 5.79. The summed E-state index contributed by atoms with van der Waals surface area (Å²) >= 11 is 0. The predicted octanol–water partition coefficient (Wildman–Crippen LogP) is 2.72. The average Bonchev–Trinajstić information content (AvgIpc) is 2.87. The molecule has 0 aliphatic carbocycles. The molecule has 106 valence electrons. The second kappa shape index (κ2) is 5.90. The SMILES string of the molecule is CCC(C)(C)NC(=O)Cc1cnn(-c2ccccc2)c1. The van der Waals surface area contributed by atoms with Crippen molar-refractivity contribution in [2.45, 2.75) is 39.2 Å². The molecule has 0 bridgehead atoms. The van der Waals surface area contributed by atoms with Crippen LogP contribution in [0.1, 0.15) is 32.8 Å². The van der Waals surface area contributed by atoms with Gasteiger partial charge in [0, 0.05) is 11.7 Å². The topological polar surface area (TPSA) is 46.9 Å². The van der Waals surface area contributed by atoms with Gasteiger partial charge in [-0.05, 0) is 38.0 Å². The number of aromatic nitrogens is 2. The van der Waals surface area contributed by atoms with Crippen LogP contribution < -0.4 is 5.32 Å². The fourth-order valence-corrected chi connectivity index (χ4v) is 1.87. The minimum absolute atomic E-state index is 0.0319. The van der Waals surface area contributed by atoms with Gasteiger partial charge in [-0.1, -0.05) is 25.1 Å². The molecule has 1 heterocycles. The lowest BCUT2D eigenvalue weighted by Crippen LogP contribution is -2.43. The van der Waals surface area contributed by atoms with E-state index in [1.165, 1.54) is 0 Å². The number of benzene rings is 1. The normalized spacial score (nSPS) is 11.3. The van der Waals surface area contributed by atoms with E-state index in [0.717, 1.165) is 17.7 Å². The van der Waals surface area contributed by atoms with Gasteiger partial charge in [0.05, 0.1) is 18.3 Å². The molecule has 1 aromatic heterocycles. The maximum Gasteiger partial charge on any atom is 0.224 e. The van der Waals surface area contributed by atoms with Crippen molar-refractivity contribution in [3.05, 3.63) is 48.3 Å². The van der Waals surface area contributed by atoms with E-state index in [2.05, 4.69) is 17.3 Å². The summed E-state index contributed by atoms with van der Waals surface area (Å²) in [6.45, 7) is 6.12. The minimum atomic E-state index is -0.160. The van der Waals surface area contributed by atoms with E-state index in [-0.39, 0.29) is 11.4 Å². The van der Waals surface area contributed by atoms with E-state index < -0.39 is 0 Å². The fraction of sp³-hybridized carbons (Fsp3) is 0.375. The van der Waals surface area contributed by atoms with E-state index in [0.29, 0.717) is 6.42 Å². The Morgan fingerprint density at radius 2 is 2.00 bits per heavy atom. The summed E-state index contributed by atoms with van der Waals surface area (Å²) in [5.41, 5.74) is 1.75. The largest absolute Gasteiger partial charge is 0.351 e. The third-order valence-corrected chi connectivity index (χ3v) is 3.38. The monoisotopic (exact) mass is 271 g/mol. The lowest BCUT2D eigenvalue weighted by molar-refractivity contribution is -0.122. The number of rotatable bonds is 5. The Kier molecular flexibility index (Phi) is 4.23. The van der Waals surface area contributed by atoms with Gasteiger partial charge in [-0.15, -0.1) is 0 Å². The summed E-state index contributed by atoms with van der Waals surface area (Å²) in [5.74, 6) is 0.0319. The maximum atomic E-state index is 12.0. The molecule has 1 aromatic carbocycles. The van der Waals surface area contributed by atoms with Crippen molar-refractivity contribution in [1.82, 2.24) is 15.1 Å². The number of hydrogen-bond donors (Lipinski definition) is 1. The summed E-state index contributed by atoms with van der Waals surface area (Å²) in [4.78, 5) is 12.0. The molecule has 2 rings (SSSR count). The fourth-order valence-electron chi connectivity index (χ4n) is 1.87. The van der Waals surface area contributed by atoms with Crippen LogP contribution in [0.2, 0.25) is 0 Å². The first-order valence-corrected chi connectivity index (χ1v) is 6.90. The molecule has 4 heteroatoms. The van der Waals surface area contributed by atoms with E-state index in [1.54, 1.807) is 10.9 Å². The smallest absolute Gasteiger partial charge is 0.224 e. The van der Waals surface area contributed by atoms with Crippen LogP contribution >= 0.6 is 0 Å². The van der Waals surface area contributed by atoms with Crippen molar-refractivity contribution in [3.63, 3.8) is 0 Å². The standard InChI is InChI=1S/C16H21N3O/c1-4-16(2,3)18-15(20)10-13-11-17-19(12-13)14-8-6-5-7-9-14/h5-9,11-12H,4,10H2,1-3H3,(H,18,20). The Morgan fingerprint density at radius 1 is 1.30 bits per heavy atom. The third kappa shape index (κ3) is 3.70. The Hall–Kier alpha value is -2.10. The molecule has 2 aromatic rings. The van der Waals surface area contributed by atoms with E-state index in [9.17, 15) is 4.79 Å². The van der Waals surface area contributed by atoms with Crippen molar-refractivity contribution in [3.8, 4) is 5.69 Å². The van der Waals surface area contributed by atoms with Gasteiger partial charge in [0.2, 0.25) is 5.91 Å². The van der Waals surface area contributed by atoms with Crippen molar-refractivity contribution in [1.29, 1.82) is 0 Å². The first-order chi connectivity index (χ1) is 9.50. The zero-order valence-corrected chi connectivity index (χ0v) is 12.3. The van der Waals surface area contributed by atoms with Crippen LogP contribution in [-0.4, -0.2) is 21.2 Å². The second-order valence-corrected chi connectivity index (χ2v) is 5.59. The number of hydrogen-bond acceptors (Lipinski definition) is 2. The van der Waals surface area contributed by atoms with Gasteiger partial charge in [-0.2, -0.15) is 5.10 Å². The number of nitrogens with zero attached hydrogens (tertiary/aromatic N) is 2. The molecular weight excluding hydrogens is 250 g/mol. The number of amides is 1. The number of nitrogens with one attached hydrogen (secondary N) is 1. The summed E-state index contributed by atoms with van der Waals surface area (Å²) in [7, 11) is 0. The second-order valence-electron chi connectivity index (χ2n) is 5.59. The predicted molar refractivity (Wildman–Crippen MR) is 79.8 cm³/mol. The quantitative estimate of drug-likeness (QED) is 0.909. The maximum absolute atomic E-state index is 12.0. The molecule has 0 aliphatic rings. The molecule has 0 saturated carbocycles. The summed E-state index contributed by atoms with van der Waals surface area (Å²) in [5, 5.41) is 7.32. The van der Waals surface area contributed by atoms with Crippen LogP contribution in [0.25, 0.3) is 5.69 Å². The molecule has 0 saturated heterocycles. The molecule has 0 fully saturated rings. The molecule has 20 heavy (non-hydrogen) atoms. The number of carbonyl (C=O) groups excluding carboxylic acids is 1. The minimum Gasteiger partial charge on any atom is -0.351 e. The first-order valence-electron chi connectivity index (χ1n) is 6.90. The molecule has 0 spiro atoms. The zero-order valence-electron chi connectivity index (χ0n) is 12.3. The Bertz CT molecular complexity index is 572. The molecule has 0 radical (unpaired) electrons. The molecule has 0 unspecified atom stereocenters. The van der Waals surface area contributed by atoms with Gasteiger partial charge in [0.15, 0.2) is 0 Å². The first kappa shape index (κ1) is 14.3. The molecular formula is C16H21N3O. The lowest BCUT2D eigenvalue weighted by Gasteiger charge is -2.24. The van der Waals surface area contributed by atoms with E-state index in [4.69, 9.17) is 0 Å². The van der Waals surface area contributed by atoms with Crippen LogP contribution in [0.5, 0.6) is 0 Å². The van der Waals surface area contributed by atoms with E-state index >= 15 is 0 Å². The molecule has 0 atom stereocenters. The van der Waals surface area contributed by atoms with Gasteiger partial charge < -0.3 is 5.32 Å². The van der Waals surface area contributed by atoms with Crippen LogP contribution in [0.3, 0.4) is 0 Å². The van der Waals surface area contributed by atoms with Crippen molar-refractivity contribution in [2.24, 2.45) is 0 Å². The molecule has 0 aliphatic heterocycles. The van der Waals surface area contributed by atoms with E-state index in [1.807, 2.05) is 50.4 Å². The molecule has 4 nitrogen and oxygen atoms in total. The Labute approximate surface area is 119 Å². The average molecular weight is 271 g/mol. The summed E-state index contributed by atoms with van der Waals surface area (Å²) in [6, 6.07) is 9.86. The van der Waals surface area contributed by atoms with Crippen molar-refractivity contribution < 1.29 is 4.79 Å². The van der Waals surface area contributed by atoms with Crippen LogP contribution in [0, 0.1) is 0 Å². The number of para-hydroxylation sites is 1. The van der Waals surface area contributed by atoms with Gasteiger partial charge in [0.25, 0.3) is 0 Å².